The van der Waals surface area contributed by atoms with E-state index in [2.05, 4.69) is 41.0 Å². The molecular weight excluding hydrogens is 375 g/mol. The molecule has 4 heteroatoms. The molecule has 1 saturated carbocycles. The maximum atomic E-state index is 13.8. The summed E-state index contributed by atoms with van der Waals surface area (Å²) in [6.07, 6.45) is 4.14. The van der Waals surface area contributed by atoms with Crippen LogP contribution in [0.2, 0.25) is 0 Å². The second-order valence-corrected chi connectivity index (χ2v) is 9.66. The second kappa shape index (κ2) is 7.81. The molecule has 3 nitrogen and oxygen atoms in total. The van der Waals surface area contributed by atoms with Crippen LogP contribution in [0.1, 0.15) is 52.4 Å². The molecule has 3 fully saturated rings. The molecule has 2 saturated heterocycles. The molecule has 0 bridgehead atoms. The third-order valence-electron chi connectivity index (χ3n) is 7.65. The van der Waals surface area contributed by atoms with Gasteiger partial charge in [-0.05, 0) is 73.4 Å². The van der Waals surface area contributed by atoms with Crippen LogP contribution in [-0.2, 0) is 0 Å². The van der Waals surface area contributed by atoms with Crippen LogP contribution in [0, 0.1) is 37.4 Å². The van der Waals surface area contributed by atoms with Crippen molar-refractivity contribution in [3.63, 3.8) is 0 Å². The van der Waals surface area contributed by atoms with E-state index in [1.807, 2.05) is 0 Å². The average molecular weight is 407 g/mol. The van der Waals surface area contributed by atoms with E-state index in [1.54, 1.807) is 19.1 Å². The molecule has 2 aromatic rings. The zero-order valence-corrected chi connectivity index (χ0v) is 18.0. The number of benzene rings is 2. The largest absolute Gasteiger partial charge is 0.331 e. The Labute approximate surface area is 178 Å². The van der Waals surface area contributed by atoms with E-state index < -0.39 is 0 Å². The smallest absolute Gasteiger partial charge is 0.254 e. The van der Waals surface area contributed by atoms with E-state index in [1.165, 1.54) is 43.0 Å². The number of nitrogens with zero attached hydrogens (tertiary/aromatic N) is 2. The van der Waals surface area contributed by atoms with E-state index in [4.69, 9.17) is 0 Å². The Kier molecular flexibility index (Phi) is 5.14. The lowest BCUT2D eigenvalue weighted by Crippen LogP contribution is -2.38. The van der Waals surface area contributed by atoms with Gasteiger partial charge in [0.25, 0.3) is 5.91 Å². The summed E-state index contributed by atoms with van der Waals surface area (Å²) in [4.78, 5) is 18.3. The lowest BCUT2D eigenvalue weighted by Gasteiger charge is -2.33. The van der Waals surface area contributed by atoms with Crippen molar-refractivity contribution >= 4 is 5.91 Å². The van der Waals surface area contributed by atoms with Gasteiger partial charge in [0.1, 0.15) is 5.82 Å². The van der Waals surface area contributed by atoms with Crippen LogP contribution < -0.4 is 0 Å². The standard InChI is InChI=1S/C26H31FN2O/c1-17-6-3-4-9-22(17)25-23-16-28(13-19-7-5-8-19)14-21(23)15-29(25)26(30)20-10-11-24(27)18(2)12-20/h3-4,6,9-12,19,21,23,25H,5,7-8,13-16H2,1-2H3/t21-,23-,25+/m0/s1. The SMILES string of the molecule is Cc1cc(C(=O)N2C[C@@H]3CN(CC4CCC4)C[C@@H]3[C@H]2c2ccccc2C)ccc1F. The van der Waals surface area contributed by atoms with Gasteiger partial charge >= 0.3 is 0 Å². The van der Waals surface area contributed by atoms with Crippen LogP contribution in [0.3, 0.4) is 0 Å². The van der Waals surface area contributed by atoms with Gasteiger partial charge in [-0.25, -0.2) is 4.39 Å². The number of hydrogen-bond acceptors (Lipinski definition) is 2. The van der Waals surface area contributed by atoms with Gasteiger partial charge in [-0.15, -0.1) is 0 Å². The molecule has 3 aliphatic rings. The normalized spacial score (nSPS) is 26.6. The van der Waals surface area contributed by atoms with Crippen LogP contribution in [0.5, 0.6) is 0 Å². The number of likely N-dealkylation sites (tertiary alicyclic amines) is 2. The lowest BCUT2D eigenvalue weighted by atomic mass is 9.85. The second-order valence-electron chi connectivity index (χ2n) is 9.66. The Morgan fingerprint density at radius 1 is 1.03 bits per heavy atom. The van der Waals surface area contributed by atoms with Crippen molar-refractivity contribution < 1.29 is 9.18 Å². The molecular formula is C26H31FN2O. The van der Waals surface area contributed by atoms with Crippen LogP contribution in [0.4, 0.5) is 4.39 Å². The van der Waals surface area contributed by atoms with Crippen molar-refractivity contribution in [2.45, 2.75) is 39.2 Å². The van der Waals surface area contributed by atoms with Crippen molar-refractivity contribution in [1.29, 1.82) is 0 Å². The van der Waals surface area contributed by atoms with Crippen molar-refractivity contribution in [1.82, 2.24) is 9.80 Å². The minimum Gasteiger partial charge on any atom is -0.331 e. The van der Waals surface area contributed by atoms with Gasteiger partial charge in [0, 0.05) is 37.7 Å². The quantitative estimate of drug-likeness (QED) is 0.714. The summed E-state index contributed by atoms with van der Waals surface area (Å²) in [6, 6.07) is 13.3. The molecule has 3 atom stereocenters. The molecule has 2 aliphatic heterocycles. The van der Waals surface area contributed by atoms with Gasteiger partial charge in [-0.2, -0.15) is 0 Å². The van der Waals surface area contributed by atoms with Gasteiger partial charge in [0.15, 0.2) is 0 Å². The van der Waals surface area contributed by atoms with Crippen LogP contribution in [-0.4, -0.2) is 41.9 Å². The van der Waals surface area contributed by atoms with Crippen LogP contribution >= 0.6 is 0 Å². The molecule has 5 rings (SSSR count). The first kappa shape index (κ1) is 19.7. The number of carbonyl (C=O) groups is 1. The highest BCUT2D eigenvalue weighted by Crippen LogP contribution is 2.47. The average Bonchev–Trinajstić information content (AvgIpc) is 3.24. The van der Waals surface area contributed by atoms with E-state index in [0.29, 0.717) is 23.0 Å². The summed E-state index contributed by atoms with van der Waals surface area (Å²) in [6.45, 7) is 8.05. The highest BCUT2D eigenvalue weighted by Gasteiger charge is 2.49. The summed E-state index contributed by atoms with van der Waals surface area (Å²) in [5.74, 6) is 1.63. The van der Waals surface area contributed by atoms with Gasteiger partial charge in [0.05, 0.1) is 6.04 Å². The number of rotatable bonds is 4. The third kappa shape index (κ3) is 3.45. The Morgan fingerprint density at radius 2 is 1.83 bits per heavy atom. The van der Waals surface area contributed by atoms with Gasteiger partial charge in [0.2, 0.25) is 0 Å². The summed E-state index contributed by atoms with van der Waals surface area (Å²) < 4.78 is 13.8. The highest BCUT2D eigenvalue weighted by molar-refractivity contribution is 5.95. The van der Waals surface area contributed by atoms with Crippen molar-refractivity contribution in [3.05, 3.63) is 70.5 Å². The first-order valence-corrected chi connectivity index (χ1v) is 11.4. The number of carbonyl (C=O) groups excluding carboxylic acids is 1. The number of hydrogen-bond donors (Lipinski definition) is 0. The zero-order chi connectivity index (χ0) is 20.8. The Balaban J connectivity index is 1.44. The van der Waals surface area contributed by atoms with Gasteiger partial charge < -0.3 is 9.80 Å². The fourth-order valence-corrected chi connectivity index (χ4v) is 5.80. The van der Waals surface area contributed by atoms with E-state index in [0.717, 1.165) is 25.6 Å². The van der Waals surface area contributed by atoms with Crippen LogP contribution in [0.25, 0.3) is 0 Å². The molecule has 0 N–H and O–H groups in total. The number of amides is 1. The van der Waals surface area contributed by atoms with E-state index in [-0.39, 0.29) is 17.8 Å². The van der Waals surface area contributed by atoms with E-state index >= 15 is 0 Å². The minimum absolute atomic E-state index is 0.0336. The number of halogens is 1. The Bertz CT molecular complexity index is 954. The summed E-state index contributed by atoms with van der Waals surface area (Å²) in [7, 11) is 0. The molecule has 0 radical (unpaired) electrons. The summed E-state index contributed by atoms with van der Waals surface area (Å²) >= 11 is 0. The predicted molar refractivity (Wildman–Crippen MR) is 117 cm³/mol. The van der Waals surface area contributed by atoms with E-state index in [9.17, 15) is 9.18 Å². The van der Waals surface area contributed by atoms with Gasteiger partial charge in [-0.3, -0.25) is 4.79 Å². The topological polar surface area (TPSA) is 23.6 Å². The number of aryl methyl sites for hydroxylation is 2. The molecule has 0 aromatic heterocycles. The maximum absolute atomic E-state index is 13.8. The summed E-state index contributed by atoms with van der Waals surface area (Å²) in [5, 5.41) is 0. The fourth-order valence-electron chi connectivity index (χ4n) is 5.80. The first-order valence-electron chi connectivity index (χ1n) is 11.4. The monoisotopic (exact) mass is 406 g/mol. The van der Waals surface area contributed by atoms with Crippen molar-refractivity contribution in [3.8, 4) is 0 Å². The minimum atomic E-state index is -0.257. The fraction of sp³-hybridized carbons (Fsp3) is 0.500. The molecule has 2 aromatic carbocycles. The molecule has 1 amide bonds. The molecule has 1 aliphatic carbocycles. The van der Waals surface area contributed by atoms with Gasteiger partial charge in [-0.1, -0.05) is 30.7 Å². The molecule has 2 heterocycles. The van der Waals surface area contributed by atoms with Crippen LogP contribution in [0.15, 0.2) is 42.5 Å². The molecule has 0 spiro atoms. The molecule has 0 unspecified atom stereocenters. The van der Waals surface area contributed by atoms with Crippen molar-refractivity contribution in [2.75, 3.05) is 26.2 Å². The number of fused-ring (bicyclic) bond motifs is 1. The maximum Gasteiger partial charge on any atom is 0.254 e. The summed E-state index contributed by atoms with van der Waals surface area (Å²) in [5.41, 5.74) is 3.63. The zero-order valence-electron chi connectivity index (χ0n) is 18.0. The Hall–Kier alpha value is -2.20. The highest BCUT2D eigenvalue weighted by atomic mass is 19.1. The molecule has 158 valence electrons. The van der Waals surface area contributed by atoms with Crippen molar-refractivity contribution in [2.24, 2.45) is 17.8 Å². The third-order valence-corrected chi connectivity index (χ3v) is 7.65. The Morgan fingerprint density at radius 3 is 2.53 bits per heavy atom. The lowest BCUT2D eigenvalue weighted by molar-refractivity contribution is 0.0694. The predicted octanol–water partition coefficient (Wildman–Crippen LogP) is 4.99. The first-order chi connectivity index (χ1) is 14.5. The molecule has 30 heavy (non-hydrogen) atoms.